The molecule has 0 aromatic heterocycles. The molecule has 1 saturated heterocycles. The van der Waals surface area contributed by atoms with Gasteiger partial charge in [-0.3, -0.25) is 9.10 Å². The number of piperidine rings is 1. The van der Waals surface area contributed by atoms with Crippen LogP contribution >= 0.6 is 0 Å². The molecular weight excluding hydrogens is 400 g/mol. The van der Waals surface area contributed by atoms with E-state index in [-0.39, 0.29) is 5.91 Å². The Morgan fingerprint density at radius 3 is 2.40 bits per heavy atom. The first-order valence-electron chi connectivity index (χ1n) is 10.3. The second-order valence-corrected chi connectivity index (χ2v) is 9.75. The lowest BCUT2D eigenvalue weighted by molar-refractivity contribution is -0.133. The van der Waals surface area contributed by atoms with Crippen LogP contribution in [0.4, 0.5) is 5.69 Å². The first-order chi connectivity index (χ1) is 14.3. The lowest BCUT2D eigenvalue weighted by Gasteiger charge is -2.36. The summed E-state index contributed by atoms with van der Waals surface area (Å²) in [7, 11) is -2.12. The predicted molar refractivity (Wildman–Crippen MR) is 119 cm³/mol. The van der Waals surface area contributed by atoms with Crippen LogP contribution in [-0.4, -0.2) is 51.7 Å². The summed E-state index contributed by atoms with van der Waals surface area (Å²) >= 11 is 0. The van der Waals surface area contributed by atoms with Gasteiger partial charge in [-0.1, -0.05) is 36.4 Å². The van der Waals surface area contributed by atoms with Crippen molar-refractivity contribution in [2.24, 2.45) is 5.92 Å². The second kappa shape index (κ2) is 9.51. The highest BCUT2D eigenvalue weighted by molar-refractivity contribution is 7.92. The number of amides is 1. The van der Waals surface area contributed by atoms with Gasteiger partial charge in [0.15, 0.2) is 0 Å². The summed E-state index contributed by atoms with van der Waals surface area (Å²) in [5, 5.41) is 0. The molecule has 7 heteroatoms. The summed E-state index contributed by atoms with van der Waals surface area (Å²) < 4.78 is 31.5. The molecule has 1 aliphatic rings. The lowest BCUT2D eigenvalue weighted by Crippen LogP contribution is -2.51. The van der Waals surface area contributed by atoms with Crippen molar-refractivity contribution in [1.29, 1.82) is 0 Å². The molecule has 0 unspecified atom stereocenters. The fourth-order valence-electron chi connectivity index (χ4n) is 4.12. The molecule has 30 heavy (non-hydrogen) atoms. The fourth-order valence-corrected chi connectivity index (χ4v) is 5.28. The topological polar surface area (TPSA) is 66.9 Å². The van der Waals surface area contributed by atoms with E-state index < -0.39 is 16.1 Å². The Morgan fingerprint density at radius 1 is 1.13 bits per heavy atom. The smallest absolute Gasteiger partial charge is 0.246 e. The van der Waals surface area contributed by atoms with Gasteiger partial charge in [0.1, 0.15) is 11.8 Å². The van der Waals surface area contributed by atoms with E-state index in [1.165, 1.54) is 17.0 Å². The Hall–Kier alpha value is -2.54. The maximum Gasteiger partial charge on any atom is 0.246 e. The highest BCUT2D eigenvalue weighted by Crippen LogP contribution is 2.27. The predicted octanol–water partition coefficient (Wildman–Crippen LogP) is 3.33. The number of anilines is 1. The molecule has 3 rings (SSSR count). The van der Waals surface area contributed by atoms with Crippen LogP contribution in [0.2, 0.25) is 0 Å². The highest BCUT2D eigenvalue weighted by Gasteiger charge is 2.33. The Labute approximate surface area is 179 Å². The molecule has 162 valence electrons. The maximum absolute atomic E-state index is 13.2. The summed E-state index contributed by atoms with van der Waals surface area (Å²) in [5.74, 6) is 0.917. The molecule has 2 aromatic carbocycles. The summed E-state index contributed by atoms with van der Waals surface area (Å²) in [6, 6.07) is 16.3. The molecule has 0 aliphatic carbocycles. The molecule has 0 bridgehead atoms. The van der Waals surface area contributed by atoms with Crippen LogP contribution in [0.1, 0.15) is 25.3 Å². The molecule has 1 aliphatic heterocycles. The van der Waals surface area contributed by atoms with Crippen molar-refractivity contribution in [2.45, 2.75) is 32.2 Å². The Morgan fingerprint density at radius 2 is 1.80 bits per heavy atom. The van der Waals surface area contributed by atoms with E-state index in [0.717, 1.165) is 25.5 Å². The van der Waals surface area contributed by atoms with Gasteiger partial charge in [-0.25, -0.2) is 8.42 Å². The molecular formula is C23H30N2O4S. The molecule has 1 fully saturated rings. The van der Waals surface area contributed by atoms with Crippen molar-refractivity contribution in [3.63, 3.8) is 0 Å². The van der Waals surface area contributed by atoms with Crippen molar-refractivity contribution in [1.82, 2.24) is 4.90 Å². The van der Waals surface area contributed by atoms with Crippen LogP contribution in [0.5, 0.6) is 5.75 Å². The third-order valence-corrected chi connectivity index (χ3v) is 6.91. The summed E-state index contributed by atoms with van der Waals surface area (Å²) in [6.07, 6.45) is 3.98. The van der Waals surface area contributed by atoms with Gasteiger partial charge in [-0.15, -0.1) is 0 Å². The largest absolute Gasteiger partial charge is 0.497 e. The van der Waals surface area contributed by atoms with Crippen LogP contribution in [0.3, 0.4) is 0 Å². The third kappa shape index (κ3) is 5.33. The van der Waals surface area contributed by atoms with Crippen molar-refractivity contribution >= 4 is 21.6 Å². The van der Waals surface area contributed by atoms with E-state index in [4.69, 9.17) is 4.74 Å². The maximum atomic E-state index is 13.2. The minimum atomic E-state index is -3.65. The van der Waals surface area contributed by atoms with E-state index >= 15 is 0 Å². The van der Waals surface area contributed by atoms with E-state index in [9.17, 15) is 13.2 Å². The van der Waals surface area contributed by atoms with Crippen molar-refractivity contribution in [2.75, 3.05) is 30.8 Å². The fraction of sp³-hybridized carbons (Fsp3) is 0.435. The van der Waals surface area contributed by atoms with Crippen molar-refractivity contribution in [3.8, 4) is 5.75 Å². The summed E-state index contributed by atoms with van der Waals surface area (Å²) in [5.41, 5.74) is 1.74. The van der Waals surface area contributed by atoms with E-state index in [2.05, 4.69) is 12.1 Å². The van der Waals surface area contributed by atoms with Crippen molar-refractivity contribution in [3.05, 3.63) is 60.2 Å². The Balaban J connectivity index is 1.68. The molecule has 0 spiro atoms. The number of carbonyl (C=O) groups is 1. The molecule has 1 heterocycles. The highest BCUT2D eigenvalue weighted by atomic mass is 32.2. The van der Waals surface area contributed by atoms with Crippen LogP contribution in [0.25, 0.3) is 0 Å². The van der Waals surface area contributed by atoms with Gasteiger partial charge < -0.3 is 9.64 Å². The van der Waals surface area contributed by atoms with Crippen molar-refractivity contribution < 1.29 is 17.9 Å². The first kappa shape index (κ1) is 22.2. The zero-order valence-corrected chi connectivity index (χ0v) is 18.6. The molecule has 0 N–H and O–H groups in total. The number of methoxy groups -OCH3 is 1. The number of carbonyl (C=O) groups excluding carboxylic acids is 1. The average Bonchev–Trinajstić information content (AvgIpc) is 2.74. The molecule has 0 radical (unpaired) electrons. The summed E-state index contributed by atoms with van der Waals surface area (Å²) in [4.78, 5) is 15.0. The van der Waals surface area contributed by atoms with Crippen LogP contribution in [-0.2, 0) is 21.2 Å². The van der Waals surface area contributed by atoms with Gasteiger partial charge in [0.05, 0.1) is 19.1 Å². The Kier molecular flexibility index (Phi) is 7.02. The minimum Gasteiger partial charge on any atom is -0.497 e. The minimum absolute atomic E-state index is 0.165. The first-order valence-corrected chi connectivity index (χ1v) is 12.1. The SMILES string of the molecule is COc1cccc(N([C@H](C)C(=O)N2CCC(Cc3ccccc3)CC2)S(C)(=O)=O)c1. The van der Waals surface area contributed by atoms with Crippen LogP contribution in [0, 0.1) is 5.92 Å². The zero-order chi connectivity index (χ0) is 21.7. The number of ether oxygens (including phenoxy) is 1. The van der Waals surface area contributed by atoms with Gasteiger partial charge in [-0.2, -0.15) is 0 Å². The van der Waals surface area contributed by atoms with Gasteiger partial charge in [0.2, 0.25) is 15.9 Å². The molecule has 1 atom stereocenters. The standard InChI is InChI=1S/C23H30N2O4S/c1-18(25(30(3,27)28)21-10-7-11-22(17-21)29-2)23(26)24-14-12-20(13-15-24)16-19-8-5-4-6-9-19/h4-11,17-18,20H,12-16H2,1-3H3/t18-/m1/s1. The third-order valence-electron chi connectivity index (χ3n) is 5.67. The number of likely N-dealkylation sites (tertiary alicyclic amines) is 1. The summed E-state index contributed by atoms with van der Waals surface area (Å²) in [6.45, 7) is 2.95. The van der Waals surface area contributed by atoms with E-state index in [1.54, 1.807) is 36.1 Å². The number of rotatable bonds is 7. The Bertz CT molecular complexity index is 954. The molecule has 6 nitrogen and oxygen atoms in total. The molecule has 0 saturated carbocycles. The van der Waals surface area contributed by atoms with Gasteiger partial charge in [0, 0.05) is 19.2 Å². The zero-order valence-electron chi connectivity index (χ0n) is 17.8. The number of hydrogen-bond acceptors (Lipinski definition) is 4. The van der Waals surface area contributed by atoms with Gasteiger partial charge in [-0.05, 0) is 49.8 Å². The molecule has 1 amide bonds. The quantitative estimate of drug-likeness (QED) is 0.676. The lowest BCUT2D eigenvalue weighted by atomic mass is 9.90. The normalized spacial score (nSPS) is 16.2. The van der Waals surface area contributed by atoms with Crippen LogP contribution < -0.4 is 9.04 Å². The van der Waals surface area contributed by atoms with Gasteiger partial charge in [0.25, 0.3) is 0 Å². The number of nitrogens with zero attached hydrogens (tertiary/aromatic N) is 2. The second-order valence-electron chi connectivity index (χ2n) is 7.89. The molecule has 2 aromatic rings. The van der Waals surface area contributed by atoms with E-state index in [1.807, 2.05) is 18.2 Å². The van der Waals surface area contributed by atoms with E-state index in [0.29, 0.717) is 30.4 Å². The number of benzene rings is 2. The number of sulfonamides is 1. The van der Waals surface area contributed by atoms with Crippen LogP contribution in [0.15, 0.2) is 54.6 Å². The monoisotopic (exact) mass is 430 g/mol. The van der Waals surface area contributed by atoms with Gasteiger partial charge >= 0.3 is 0 Å². The number of hydrogen-bond donors (Lipinski definition) is 0. The average molecular weight is 431 g/mol.